The lowest BCUT2D eigenvalue weighted by Crippen LogP contribution is -2.41. The molecule has 0 bridgehead atoms. The average molecular weight is 367 g/mol. The maximum Gasteiger partial charge on any atom is 0.310 e. The predicted octanol–water partition coefficient (Wildman–Crippen LogP) is 4.26. The number of carbonyl (C=O) groups excluding carboxylic acids is 2. The second-order valence-electron chi connectivity index (χ2n) is 6.82. The molecule has 0 saturated heterocycles. The highest BCUT2D eigenvalue weighted by Gasteiger charge is 2.29. The van der Waals surface area contributed by atoms with Crippen LogP contribution in [-0.4, -0.2) is 37.0 Å². The summed E-state index contributed by atoms with van der Waals surface area (Å²) in [6.45, 7) is 4.89. The maximum atomic E-state index is 13.6. The molecule has 2 aromatic carbocycles. The van der Waals surface area contributed by atoms with Gasteiger partial charge in [-0.3, -0.25) is 9.59 Å². The Morgan fingerprint density at radius 3 is 1.93 bits per heavy atom. The van der Waals surface area contributed by atoms with Gasteiger partial charge in [0, 0.05) is 13.1 Å². The first-order valence-corrected chi connectivity index (χ1v) is 9.55. The van der Waals surface area contributed by atoms with E-state index in [-0.39, 0.29) is 23.7 Å². The zero-order valence-electron chi connectivity index (χ0n) is 16.4. The zero-order valence-corrected chi connectivity index (χ0v) is 16.4. The minimum absolute atomic E-state index is 0.0246. The van der Waals surface area contributed by atoms with Crippen molar-refractivity contribution in [2.45, 2.75) is 32.6 Å². The van der Waals surface area contributed by atoms with Crippen molar-refractivity contribution in [2.75, 3.05) is 20.2 Å². The largest absolute Gasteiger partial charge is 0.469 e. The van der Waals surface area contributed by atoms with Crippen LogP contribution >= 0.6 is 0 Å². The van der Waals surface area contributed by atoms with Gasteiger partial charge in [0.2, 0.25) is 5.91 Å². The summed E-state index contributed by atoms with van der Waals surface area (Å²) in [5.74, 6) is -1.01. The Hall–Kier alpha value is -2.62. The van der Waals surface area contributed by atoms with Gasteiger partial charge in [0.25, 0.3) is 0 Å². The number of nitrogens with zero attached hydrogens (tertiary/aromatic N) is 1. The van der Waals surface area contributed by atoms with Gasteiger partial charge in [-0.05, 0) is 17.5 Å². The van der Waals surface area contributed by atoms with Crippen LogP contribution in [0.1, 0.15) is 43.7 Å². The molecule has 0 fully saturated rings. The molecule has 144 valence electrons. The number of unbranched alkanes of at least 4 members (excludes halogenated alkanes) is 1. The Morgan fingerprint density at radius 2 is 1.48 bits per heavy atom. The number of esters is 1. The van der Waals surface area contributed by atoms with E-state index in [1.165, 1.54) is 7.11 Å². The van der Waals surface area contributed by atoms with Gasteiger partial charge in [0.15, 0.2) is 0 Å². The van der Waals surface area contributed by atoms with Gasteiger partial charge in [0.1, 0.15) is 0 Å². The van der Waals surface area contributed by atoms with E-state index in [0.717, 1.165) is 24.0 Å². The van der Waals surface area contributed by atoms with Gasteiger partial charge in [0.05, 0.1) is 18.9 Å². The van der Waals surface area contributed by atoms with Gasteiger partial charge in [-0.2, -0.15) is 0 Å². The second kappa shape index (κ2) is 10.5. The topological polar surface area (TPSA) is 46.6 Å². The number of rotatable bonds is 9. The summed E-state index contributed by atoms with van der Waals surface area (Å²) >= 11 is 0. The highest BCUT2D eigenvalue weighted by molar-refractivity contribution is 5.87. The molecule has 4 nitrogen and oxygen atoms in total. The summed E-state index contributed by atoms with van der Waals surface area (Å²) in [5, 5.41) is 0. The number of carbonyl (C=O) groups is 2. The molecule has 27 heavy (non-hydrogen) atoms. The minimum Gasteiger partial charge on any atom is -0.469 e. The minimum atomic E-state index is -0.380. The van der Waals surface area contributed by atoms with Crippen LogP contribution < -0.4 is 0 Å². The number of benzene rings is 2. The van der Waals surface area contributed by atoms with Gasteiger partial charge in [-0.25, -0.2) is 0 Å². The summed E-state index contributed by atoms with van der Waals surface area (Å²) in [4.78, 5) is 27.3. The number of hydrogen-bond acceptors (Lipinski definition) is 3. The van der Waals surface area contributed by atoms with Gasteiger partial charge in [-0.1, -0.05) is 80.9 Å². The highest BCUT2D eigenvalue weighted by atomic mass is 16.5. The van der Waals surface area contributed by atoms with Gasteiger partial charge >= 0.3 is 5.97 Å². The molecule has 4 heteroatoms. The zero-order chi connectivity index (χ0) is 19.6. The number of hydrogen-bond donors (Lipinski definition) is 0. The Morgan fingerprint density at radius 1 is 0.963 bits per heavy atom. The van der Waals surface area contributed by atoms with E-state index >= 15 is 0 Å². The molecule has 2 rings (SSSR count). The van der Waals surface area contributed by atoms with Crippen molar-refractivity contribution >= 4 is 11.9 Å². The molecule has 0 N–H and O–H groups in total. The molecule has 2 aromatic rings. The van der Waals surface area contributed by atoms with Crippen molar-refractivity contribution in [3.63, 3.8) is 0 Å². The van der Waals surface area contributed by atoms with Crippen LogP contribution in [0.4, 0.5) is 0 Å². The molecule has 0 aliphatic rings. The Balaban J connectivity index is 2.35. The van der Waals surface area contributed by atoms with Crippen LogP contribution in [0, 0.1) is 5.92 Å². The van der Waals surface area contributed by atoms with Crippen LogP contribution in [0.25, 0.3) is 0 Å². The number of amides is 1. The molecule has 0 spiro atoms. The van der Waals surface area contributed by atoms with Crippen molar-refractivity contribution < 1.29 is 14.3 Å². The van der Waals surface area contributed by atoms with Crippen molar-refractivity contribution in [1.82, 2.24) is 4.90 Å². The summed E-state index contributed by atoms with van der Waals surface area (Å²) in [7, 11) is 1.38. The molecule has 0 aromatic heterocycles. The summed E-state index contributed by atoms with van der Waals surface area (Å²) < 4.78 is 4.85. The SMILES string of the molecule is CCCCN(CC(C)C(=O)OC)C(=O)C(c1ccccc1)c1ccccc1. The van der Waals surface area contributed by atoms with Crippen molar-refractivity contribution in [3.8, 4) is 0 Å². The van der Waals surface area contributed by atoms with E-state index in [1.807, 2.05) is 65.6 Å². The fraction of sp³-hybridized carbons (Fsp3) is 0.391. The molecule has 1 unspecified atom stereocenters. The molecule has 0 saturated carbocycles. The van der Waals surface area contributed by atoms with Crippen LogP contribution in [0.15, 0.2) is 60.7 Å². The van der Waals surface area contributed by atoms with E-state index in [2.05, 4.69) is 6.92 Å². The van der Waals surface area contributed by atoms with E-state index in [0.29, 0.717) is 13.1 Å². The lowest BCUT2D eigenvalue weighted by molar-refractivity contribution is -0.146. The first kappa shape index (κ1) is 20.7. The smallest absolute Gasteiger partial charge is 0.310 e. The monoisotopic (exact) mass is 367 g/mol. The molecule has 0 heterocycles. The van der Waals surface area contributed by atoms with Crippen LogP contribution in [0.3, 0.4) is 0 Å². The van der Waals surface area contributed by atoms with Crippen LogP contribution in [0.5, 0.6) is 0 Å². The fourth-order valence-electron chi connectivity index (χ4n) is 3.20. The summed E-state index contributed by atoms with van der Waals surface area (Å²) in [6, 6.07) is 19.6. The molecule has 1 atom stereocenters. The number of methoxy groups -OCH3 is 1. The third kappa shape index (κ3) is 5.68. The lowest BCUT2D eigenvalue weighted by atomic mass is 9.89. The van der Waals surface area contributed by atoms with Gasteiger partial charge in [-0.15, -0.1) is 0 Å². The van der Waals surface area contributed by atoms with E-state index in [1.54, 1.807) is 6.92 Å². The van der Waals surface area contributed by atoms with Crippen molar-refractivity contribution in [3.05, 3.63) is 71.8 Å². The predicted molar refractivity (Wildman–Crippen MR) is 107 cm³/mol. The molecule has 0 radical (unpaired) electrons. The first-order chi connectivity index (χ1) is 13.1. The Bertz CT molecular complexity index is 675. The standard InChI is InChI=1S/C23H29NO3/c1-4-5-16-24(17-18(2)23(26)27-3)22(25)21(19-12-8-6-9-13-19)20-14-10-7-11-15-20/h6-15,18,21H,4-5,16-17H2,1-3H3. The summed E-state index contributed by atoms with van der Waals surface area (Å²) in [5.41, 5.74) is 1.92. The normalized spacial score (nSPS) is 11.9. The van der Waals surface area contributed by atoms with E-state index in [9.17, 15) is 9.59 Å². The Kier molecular flexibility index (Phi) is 8.05. The second-order valence-corrected chi connectivity index (χ2v) is 6.82. The third-order valence-electron chi connectivity index (χ3n) is 4.70. The summed E-state index contributed by atoms with van der Waals surface area (Å²) in [6.07, 6.45) is 1.88. The lowest BCUT2D eigenvalue weighted by Gasteiger charge is -2.29. The quantitative estimate of drug-likeness (QED) is 0.622. The average Bonchev–Trinajstić information content (AvgIpc) is 2.72. The maximum absolute atomic E-state index is 13.6. The van der Waals surface area contributed by atoms with E-state index in [4.69, 9.17) is 4.74 Å². The van der Waals surface area contributed by atoms with Crippen LogP contribution in [-0.2, 0) is 14.3 Å². The van der Waals surface area contributed by atoms with Crippen molar-refractivity contribution in [2.24, 2.45) is 5.92 Å². The molecular formula is C23H29NO3. The first-order valence-electron chi connectivity index (χ1n) is 9.55. The molecular weight excluding hydrogens is 338 g/mol. The molecule has 0 aliphatic carbocycles. The highest BCUT2D eigenvalue weighted by Crippen LogP contribution is 2.27. The molecule has 0 aliphatic heterocycles. The van der Waals surface area contributed by atoms with Crippen molar-refractivity contribution in [1.29, 1.82) is 0 Å². The van der Waals surface area contributed by atoms with Gasteiger partial charge < -0.3 is 9.64 Å². The van der Waals surface area contributed by atoms with E-state index < -0.39 is 0 Å². The fourth-order valence-corrected chi connectivity index (χ4v) is 3.20. The van der Waals surface area contributed by atoms with Crippen LogP contribution in [0.2, 0.25) is 0 Å². The Labute approximate surface area is 162 Å². The third-order valence-corrected chi connectivity index (χ3v) is 4.70. The molecule has 1 amide bonds. The number of ether oxygens (including phenoxy) is 1.